The fourth-order valence-electron chi connectivity index (χ4n) is 6.38. The second-order valence-electron chi connectivity index (χ2n) is 10.5. The topological polar surface area (TPSA) is 96.4 Å². The standard InChI is InChI=1S/C26H42N2O6/c1-7-10-11-15-27(14-8-2)23(31)21-26-13-12-25(6,34-26)20(24(32)33-9-3)19(26)22(30)28(21)18(16-29)17(4)5/h8,17-21,29H,2,7,9-16H2,1,3-6H3/t18-,19-,20-,21?,25+,26?/m0/s1. The molecule has 0 aromatic carbocycles. The van der Waals surface area contributed by atoms with Crippen molar-refractivity contribution in [1.29, 1.82) is 0 Å². The zero-order valence-corrected chi connectivity index (χ0v) is 21.4. The molecule has 2 amide bonds. The Kier molecular flexibility index (Phi) is 8.13. The monoisotopic (exact) mass is 478 g/mol. The number of nitrogens with zero attached hydrogens (tertiary/aromatic N) is 2. The van der Waals surface area contributed by atoms with Gasteiger partial charge >= 0.3 is 5.97 Å². The quantitative estimate of drug-likeness (QED) is 0.263. The molecule has 34 heavy (non-hydrogen) atoms. The summed E-state index contributed by atoms with van der Waals surface area (Å²) < 4.78 is 12.0. The minimum Gasteiger partial charge on any atom is -0.466 e. The number of ether oxygens (including phenoxy) is 2. The number of likely N-dealkylation sites (tertiary alicyclic amines) is 1. The Hall–Kier alpha value is -1.93. The van der Waals surface area contributed by atoms with E-state index in [2.05, 4.69) is 13.5 Å². The maximum absolute atomic E-state index is 14.2. The minimum atomic E-state index is -1.10. The third-order valence-electron chi connectivity index (χ3n) is 8.00. The number of carbonyl (C=O) groups is 3. The fraction of sp³-hybridized carbons (Fsp3) is 0.808. The number of hydrogen-bond donors (Lipinski definition) is 1. The molecule has 8 nitrogen and oxygen atoms in total. The van der Waals surface area contributed by atoms with Gasteiger partial charge in [-0.3, -0.25) is 14.4 Å². The number of unbranched alkanes of at least 4 members (excludes halogenated alkanes) is 2. The Morgan fingerprint density at radius 1 is 1.32 bits per heavy atom. The SMILES string of the molecule is C=CCN(CCCCC)C(=O)C1N([C@@H](CO)C(C)C)C(=O)[C@@H]2[C@@H](C(=O)OCC)[C@@]3(C)CCC12O3. The zero-order valence-electron chi connectivity index (χ0n) is 21.4. The van der Waals surface area contributed by atoms with Gasteiger partial charge < -0.3 is 24.4 Å². The molecule has 2 bridgehead atoms. The first kappa shape index (κ1) is 26.7. The molecule has 3 aliphatic rings. The van der Waals surface area contributed by atoms with Gasteiger partial charge in [-0.2, -0.15) is 0 Å². The Labute approximate surface area is 203 Å². The maximum Gasteiger partial charge on any atom is 0.312 e. The fourth-order valence-corrected chi connectivity index (χ4v) is 6.38. The summed E-state index contributed by atoms with van der Waals surface area (Å²) >= 11 is 0. The third kappa shape index (κ3) is 4.17. The summed E-state index contributed by atoms with van der Waals surface area (Å²) in [6.07, 6.45) is 5.65. The molecule has 1 spiro atoms. The lowest BCUT2D eigenvalue weighted by Crippen LogP contribution is -2.59. The molecule has 0 aromatic heterocycles. The molecule has 0 radical (unpaired) electrons. The van der Waals surface area contributed by atoms with Crippen LogP contribution in [-0.2, 0) is 23.9 Å². The first-order valence-corrected chi connectivity index (χ1v) is 12.8. The molecular weight excluding hydrogens is 436 g/mol. The first-order valence-electron chi connectivity index (χ1n) is 12.8. The molecule has 0 saturated carbocycles. The maximum atomic E-state index is 14.2. The van der Waals surface area contributed by atoms with Gasteiger partial charge in [0.1, 0.15) is 17.6 Å². The molecule has 6 atom stereocenters. The van der Waals surface area contributed by atoms with Crippen LogP contribution in [0.5, 0.6) is 0 Å². The minimum absolute atomic E-state index is 0.0822. The lowest BCUT2D eigenvalue weighted by Gasteiger charge is -2.40. The summed E-state index contributed by atoms with van der Waals surface area (Å²) in [5, 5.41) is 10.3. The third-order valence-corrected chi connectivity index (χ3v) is 8.00. The van der Waals surface area contributed by atoms with E-state index in [0.717, 1.165) is 19.3 Å². The van der Waals surface area contributed by atoms with E-state index in [1.807, 2.05) is 20.8 Å². The number of amides is 2. The van der Waals surface area contributed by atoms with Crippen LogP contribution in [0.2, 0.25) is 0 Å². The summed E-state index contributed by atoms with van der Waals surface area (Å²) in [7, 11) is 0. The second kappa shape index (κ2) is 10.4. The predicted molar refractivity (Wildman–Crippen MR) is 128 cm³/mol. The van der Waals surface area contributed by atoms with Crippen LogP contribution < -0.4 is 0 Å². The van der Waals surface area contributed by atoms with Crippen molar-refractivity contribution in [2.45, 2.75) is 90.0 Å². The van der Waals surface area contributed by atoms with Gasteiger partial charge in [-0.25, -0.2) is 0 Å². The highest BCUT2D eigenvalue weighted by molar-refractivity contribution is 5.98. The van der Waals surface area contributed by atoms with Crippen molar-refractivity contribution in [1.82, 2.24) is 9.80 Å². The van der Waals surface area contributed by atoms with Crippen molar-refractivity contribution in [3.05, 3.63) is 12.7 Å². The molecule has 3 heterocycles. The van der Waals surface area contributed by atoms with Crippen LogP contribution in [0.1, 0.15) is 66.7 Å². The van der Waals surface area contributed by atoms with Crippen molar-refractivity contribution in [3.8, 4) is 0 Å². The highest BCUT2D eigenvalue weighted by Crippen LogP contribution is 2.63. The van der Waals surface area contributed by atoms with Crippen molar-refractivity contribution in [2.75, 3.05) is 26.3 Å². The van der Waals surface area contributed by atoms with Crippen molar-refractivity contribution in [2.24, 2.45) is 17.8 Å². The zero-order chi connectivity index (χ0) is 25.3. The van der Waals surface area contributed by atoms with E-state index in [0.29, 0.717) is 25.9 Å². The molecule has 0 aromatic rings. The van der Waals surface area contributed by atoms with Gasteiger partial charge in [0.2, 0.25) is 11.8 Å². The predicted octanol–water partition coefficient (Wildman–Crippen LogP) is 2.54. The van der Waals surface area contributed by atoms with Gasteiger partial charge in [0.15, 0.2) is 0 Å². The van der Waals surface area contributed by atoms with Gasteiger partial charge in [-0.1, -0.05) is 39.7 Å². The van der Waals surface area contributed by atoms with Gasteiger partial charge in [0, 0.05) is 13.1 Å². The van der Waals surface area contributed by atoms with Gasteiger partial charge in [0.25, 0.3) is 0 Å². The number of carbonyl (C=O) groups excluding carboxylic acids is 3. The van der Waals surface area contributed by atoms with Gasteiger partial charge in [0.05, 0.1) is 30.8 Å². The smallest absolute Gasteiger partial charge is 0.312 e. The lowest BCUT2D eigenvalue weighted by molar-refractivity contribution is -0.162. The summed E-state index contributed by atoms with van der Waals surface area (Å²) in [6, 6.07) is -1.45. The van der Waals surface area contributed by atoms with Crippen LogP contribution in [0.3, 0.4) is 0 Å². The van der Waals surface area contributed by atoms with Crippen molar-refractivity contribution < 1.29 is 29.0 Å². The first-order chi connectivity index (χ1) is 16.1. The van der Waals surface area contributed by atoms with Crippen LogP contribution in [-0.4, -0.2) is 82.3 Å². The summed E-state index contributed by atoms with van der Waals surface area (Å²) in [5.74, 6) is -2.59. The molecule has 3 rings (SSSR count). The van der Waals surface area contributed by atoms with Crippen LogP contribution >= 0.6 is 0 Å². The molecule has 1 N–H and O–H groups in total. The van der Waals surface area contributed by atoms with E-state index in [-0.39, 0.29) is 30.9 Å². The van der Waals surface area contributed by atoms with E-state index in [1.54, 1.807) is 22.8 Å². The molecule has 2 unspecified atom stereocenters. The number of aliphatic hydroxyl groups is 1. The number of esters is 1. The van der Waals surface area contributed by atoms with E-state index in [4.69, 9.17) is 9.47 Å². The Morgan fingerprint density at radius 3 is 2.59 bits per heavy atom. The van der Waals surface area contributed by atoms with Crippen LogP contribution in [0.4, 0.5) is 0 Å². The molecule has 3 saturated heterocycles. The van der Waals surface area contributed by atoms with E-state index in [1.165, 1.54) is 0 Å². The molecule has 3 fully saturated rings. The normalized spacial score (nSPS) is 32.7. The van der Waals surface area contributed by atoms with E-state index in [9.17, 15) is 19.5 Å². The summed E-state index contributed by atoms with van der Waals surface area (Å²) in [6.45, 7) is 14.2. The van der Waals surface area contributed by atoms with Crippen LogP contribution in [0.15, 0.2) is 12.7 Å². The van der Waals surface area contributed by atoms with Crippen molar-refractivity contribution >= 4 is 17.8 Å². The van der Waals surface area contributed by atoms with Crippen molar-refractivity contribution in [3.63, 3.8) is 0 Å². The summed E-state index contributed by atoms with van der Waals surface area (Å²) in [5.41, 5.74) is -1.96. The Balaban J connectivity index is 2.09. The Morgan fingerprint density at radius 2 is 2.03 bits per heavy atom. The largest absolute Gasteiger partial charge is 0.466 e. The van der Waals surface area contributed by atoms with Crippen LogP contribution in [0.25, 0.3) is 0 Å². The number of rotatable bonds is 12. The Bertz CT molecular complexity index is 800. The number of aliphatic hydroxyl groups excluding tert-OH is 1. The number of fused-ring (bicyclic) bond motifs is 1. The van der Waals surface area contributed by atoms with Crippen LogP contribution in [0, 0.1) is 17.8 Å². The molecule has 0 aliphatic carbocycles. The van der Waals surface area contributed by atoms with Gasteiger partial charge in [-0.05, 0) is 39.0 Å². The molecule has 8 heteroatoms. The molecule has 3 aliphatic heterocycles. The summed E-state index contributed by atoms with van der Waals surface area (Å²) in [4.78, 5) is 44.6. The highest BCUT2D eigenvalue weighted by Gasteiger charge is 2.79. The van der Waals surface area contributed by atoms with Gasteiger partial charge in [-0.15, -0.1) is 6.58 Å². The van der Waals surface area contributed by atoms with E-state index >= 15 is 0 Å². The average molecular weight is 479 g/mol. The average Bonchev–Trinajstić information content (AvgIpc) is 3.35. The molecular formula is C26H42N2O6. The highest BCUT2D eigenvalue weighted by atomic mass is 16.6. The van der Waals surface area contributed by atoms with E-state index < -0.39 is 41.1 Å². The lowest BCUT2D eigenvalue weighted by atomic mass is 9.66. The second-order valence-corrected chi connectivity index (χ2v) is 10.5. The number of hydrogen-bond acceptors (Lipinski definition) is 6. The molecule has 192 valence electrons.